The molecule has 0 aliphatic carbocycles. The number of carbonyl (C=O) groups is 6. The molecule has 0 spiro atoms. The number of nitrogens with one attached hydrogen (secondary N) is 6. The summed E-state index contributed by atoms with van der Waals surface area (Å²) in [5.74, 6) is -2.49. The average Bonchev–Trinajstić information content (AvgIpc) is 3.93. The van der Waals surface area contributed by atoms with Gasteiger partial charge >= 0.3 is 5.97 Å². The minimum atomic E-state index is -1.25. The molecule has 2 aliphatic heterocycles. The van der Waals surface area contributed by atoms with E-state index in [4.69, 9.17) is 14.2 Å². The molecule has 6 atom stereocenters. The second-order valence-electron chi connectivity index (χ2n) is 17.6. The number of hydrogen-bond donors (Lipinski definition) is 7. The van der Waals surface area contributed by atoms with Crippen molar-refractivity contribution in [1.82, 2.24) is 31.2 Å². The number of amides is 4. The van der Waals surface area contributed by atoms with Crippen molar-refractivity contribution in [2.75, 3.05) is 14.2 Å². The van der Waals surface area contributed by atoms with E-state index in [1.54, 1.807) is 18.3 Å². The molecule has 4 amide bonds. The predicted molar refractivity (Wildman–Crippen MR) is 260 cm³/mol. The van der Waals surface area contributed by atoms with Crippen molar-refractivity contribution >= 4 is 57.2 Å². The number of aromatic nitrogens is 2. The molecule has 16 nitrogen and oxygen atoms in total. The Labute approximate surface area is 402 Å². The van der Waals surface area contributed by atoms with Crippen LogP contribution in [0.1, 0.15) is 57.6 Å². The van der Waals surface area contributed by atoms with Crippen LogP contribution in [-0.2, 0) is 59.1 Å². The number of aromatic amines is 2. The van der Waals surface area contributed by atoms with Crippen LogP contribution < -0.4 is 26.0 Å². The SMILES string of the molecule is COC(=O)C(CC(Oc1[nH]c2ccccc2c1C[C@@H]1NC(=O)[C@@H](Cc2ccccc2)NC1=O)c1c(O)ccc(C(C)=O)c1-c1cccc2c(C[C@@H]3NC(=O)[C@@H](Cc4ccccc4)NC3=O)c[nH]c12)OC. The third-order valence-corrected chi connectivity index (χ3v) is 13.1. The van der Waals surface area contributed by atoms with E-state index >= 15 is 0 Å². The number of hydrogen-bond acceptors (Lipinski definition) is 10. The van der Waals surface area contributed by atoms with Gasteiger partial charge in [0.2, 0.25) is 23.6 Å². The van der Waals surface area contributed by atoms with Gasteiger partial charge in [0.05, 0.1) is 12.6 Å². The highest BCUT2D eigenvalue weighted by Crippen LogP contribution is 2.45. The zero-order valence-electron chi connectivity index (χ0n) is 38.7. The highest BCUT2D eigenvalue weighted by Gasteiger charge is 2.38. The number of phenolic OH excluding ortho intramolecular Hbond substituents is 1. The number of Topliss-reactive ketones (excluding diaryl/α,β-unsaturated/α-hetero) is 1. The Kier molecular flexibility index (Phi) is 13.5. The largest absolute Gasteiger partial charge is 0.508 e. The first-order valence-corrected chi connectivity index (χ1v) is 23.0. The molecule has 70 heavy (non-hydrogen) atoms. The summed E-state index contributed by atoms with van der Waals surface area (Å²) < 4.78 is 17.7. The molecule has 2 fully saturated rings. The smallest absolute Gasteiger partial charge is 0.335 e. The van der Waals surface area contributed by atoms with Crippen molar-refractivity contribution in [1.29, 1.82) is 0 Å². The summed E-state index contributed by atoms with van der Waals surface area (Å²) in [6.07, 6.45) is -0.164. The summed E-state index contributed by atoms with van der Waals surface area (Å²) in [7, 11) is 2.57. The lowest BCUT2D eigenvalue weighted by Crippen LogP contribution is -2.62. The summed E-state index contributed by atoms with van der Waals surface area (Å²) in [5, 5.41) is 25.0. The number of H-pyrrole nitrogens is 2. The Morgan fingerprint density at radius 3 is 1.79 bits per heavy atom. The van der Waals surface area contributed by atoms with Gasteiger partial charge in [-0.3, -0.25) is 24.0 Å². The van der Waals surface area contributed by atoms with Crippen LogP contribution in [0.25, 0.3) is 32.9 Å². The van der Waals surface area contributed by atoms with Gasteiger partial charge in [0, 0.05) is 89.5 Å². The van der Waals surface area contributed by atoms with Crippen molar-refractivity contribution in [2.45, 2.75) is 75.4 Å². The van der Waals surface area contributed by atoms with Gasteiger partial charge in [-0.2, -0.15) is 0 Å². The van der Waals surface area contributed by atoms with Crippen molar-refractivity contribution in [3.05, 3.63) is 155 Å². The Bertz CT molecular complexity index is 3130. The quantitative estimate of drug-likeness (QED) is 0.0451. The molecule has 2 aromatic heterocycles. The number of phenols is 1. The van der Waals surface area contributed by atoms with Crippen LogP contribution in [0, 0.1) is 0 Å². The summed E-state index contributed by atoms with van der Waals surface area (Å²) in [6, 6.07) is 31.1. The predicted octanol–water partition coefficient (Wildman–Crippen LogP) is 5.46. The molecule has 0 radical (unpaired) electrons. The molecule has 0 saturated carbocycles. The second kappa shape index (κ2) is 20.2. The van der Waals surface area contributed by atoms with Crippen molar-refractivity contribution in [2.24, 2.45) is 0 Å². The van der Waals surface area contributed by atoms with Crippen LogP contribution in [0.15, 0.2) is 121 Å². The fourth-order valence-corrected chi connectivity index (χ4v) is 9.62. The molecule has 2 unspecified atom stereocenters. The molecule has 16 heteroatoms. The summed E-state index contributed by atoms with van der Waals surface area (Å²) >= 11 is 0. The highest BCUT2D eigenvalue weighted by molar-refractivity contribution is 6.07. The van der Waals surface area contributed by atoms with Gasteiger partial charge in [0.1, 0.15) is 36.0 Å². The topological polar surface area (TPSA) is 230 Å². The minimum Gasteiger partial charge on any atom is -0.508 e. The third kappa shape index (κ3) is 9.58. The van der Waals surface area contributed by atoms with Crippen LogP contribution in [0.4, 0.5) is 0 Å². The van der Waals surface area contributed by atoms with Gasteiger partial charge in [-0.05, 0) is 41.8 Å². The lowest BCUT2D eigenvalue weighted by molar-refractivity contribution is -0.154. The first-order valence-electron chi connectivity index (χ1n) is 23.0. The van der Waals surface area contributed by atoms with Crippen molar-refractivity contribution in [3.63, 3.8) is 0 Å². The number of fused-ring (bicyclic) bond motifs is 2. The molecule has 0 bridgehead atoms. The standard InChI is InChI=1S/C54H52N6O10/c1-29(61)33-21-22-43(62)47(46(33)36-19-12-18-34-32(28-55-48(34)36)25-41-51(65)56-39(49(63)58-41)23-30-13-6-4-7-14-30)44(27-45(68-2)54(67)69-3)70-53-37(35-17-10-11-20-38(35)60-53)26-42-52(66)57-40(50(64)59-42)24-31-15-8-5-9-16-31/h4-22,28,39-42,44-45,55,60,62H,23-27H2,1-3H3,(H,56,65)(H,57,66)(H,58,63)(H,59,64)/t39-,40-,41+,42+,44?,45?/m1/s1. The van der Waals surface area contributed by atoms with Gasteiger partial charge < -0.3 is 50.6 Å². The Balaban J connectivity index is 1.08. The molecule has 5 aromatic carbocycles. The first-order chi connectivity index (χ1) is 33.9. The number of para-hydroxylation sites is 2. The van der Waals surface area contributed by atoms with Gasteiger partial charge in [-0.1, -0.05) is 97.1 Å². The van der Waals surface area contributed by atoms with Gasteiger partial charge in [-0.15, -0.1) is 0 Å². The molecular weight excluding hydrogens is 893 g/mol. The molecule has 2 aliphatic rings. The minimum absolute atomic E-state index is 0.00353. The van der Waals surface area contributed by atoms with Crippen molar-refractivity contribution in [3.8, 4) is 22.8 Å². The number of benzene rings is 5. The average molecular weight is 945 g/mol. The first kappa shape index (κ1) is 46.9. The molecule has 7 aromatic rings. The maximum atomic E-state index is 13.8. The second-order valence-corrected chi connectivity index (χ2v) is 17.6. The maximum absolute atomic E-state index is 13.8. The Morgan fingerprint density at radius 1 is 0.643 bits per heavy atom. The molecule has 2 saturated heterocycles. The lowest BCUT2D eigenvalue weighted by atomic mass is 9.86. The van der Waals surface area contributed by atoms with E-state index in [9.17, 15) is 33.9 Å². The Hall–Kier alpha value is -8.24. The number of esters is 1. The Morgan fingerprint density at radius 2 is 1.20 bits per heavy atom. The van der Waals surface area contributed by atoms with E-state index in [-0.39, 0.29) is 71.4 Å². The molecule has 9 rings (SSSR count). The zero-order valence-corrected chi connectivity index (χ0v) is 38.7. The van der Waals surface area contributed by atoms with Crippen LogP contribution in [-0.4, -0.2) is 94.9 Å². The van der Waals surface area contributed by atoms with Gasteiger partial charge in [-0.25, -0.2) is 4.79 Å². The monoisotopic (exact) mass is 944 g/mol. The number of ether oxygens (including phenoxy) is 3. The lowest BCUT2D eigenvalue weighted by Gasteiger charge is -2.30. The van der Waals surface area contributed by atoms with E-state index in [0.717, 1.165) is 11.1 Å². The number of methoxy groups -OCH3 is 2. The number of rotatable bonds is 17. The summed E-state index contributed by atoms with van der Waals surface area (Å²) in [4.78, 5) is 87.7. The number of piperazine rings is 2. The zero-order chi connectivity index (χ0) is 49.1. The number of ketones is 1. The summed E-state index contributed by atoms with van der Waals surface area (Å²) in [6.45, 7) is 1.40. The normalized spacial score (nSPS) is 18.9. The van der Waals surface area contributed by atoms with Crippen LogP contribution in [0.5, 0.6) is 11.6 Å². The fraction of sp³-hybridized carbons (Fsp3) is 0.259. The van der Waals surface area contributed by atoms with E-state index in [0.29, 0.717) is 56.9 Å². The fourth-order valence-electron chi connectivity index (χ4n) is 9.62. The molecular formula is C54H52N6O10. The molecule has 4 heterocycles. The van der Waals surface area contributed by atoms with Gasteiger partial charge in [0.15, 0.2) is 17.8 Å². The van der Waals surface area contributed by atoms with E-state index in [2.05, 4.69) is 31.2 Å². The number of carbonyl (C=O) groups excluding carboxylic acids is 6. The summed E-state index contributed by atoms with van der Waals surface area (Å²) in [5.41, 5.74) is 5.39. The van der Waals surface area contributed by atoms with Crippen LogP contribution >= 0.6 is 0 Å². The van der Waals surface area contributed by atoms with E-state index < -0.39 is 42.3 Å². The van der Waals surface area contributed by atoms with Crippen molar-refractivity contribution < 1.29 is 48.1 Å². The van der Waals surface area contributed by atoms with E-state index in [1.165, 1.54) is 33.3 Å². The molecule has 7 N–H and O–H groups in total. The molecule has 358 valence electrons. The maximum Gasteiger partial charge on any atom is 0.335 e. The van der Waals surface area contributed by atoms with E-state index in [1.807, 2.05) is 91.0 Å². The highest BCUT2D eigenvalue weighted by atomic mass is 16.6. The number of aromatic hydroxyl groups is 1. The third-order valence-electron chi connectivity index (χ3n) is 13.1. The van der Waals surface area contributed by atoms with Crippen LogP contribution in [0.2, 0.25) is 0 Å². The van der Waals surface area contributed by atoms with Crippen LogP contribution in [0.3, 0.4) is 0 Å². The van der Waals surface area contributed by atoms with Gasteiger partial charge in [0.25, 0.3) is 0 Å².